The lowest BCUT2D eigenvalue weighted by atomic mass is 10.0. The molecule has 0 saturated heterocycles. The molecule has 0 aliphatic carbocycles. The summed E-state index contributed by atoms with van der Waals surface area (Å²) in [6.07, 6.45) is 8.75. The number of hydrogen-bond donors (Lipinski definition) is 4. The fourth-order valence-corrected chi connectivity index (χ4v) is 3.06. The van der Waals surface area contributed by atoms with Crippen molar-refractivity contribution in [3.8, 4) is 0 Å². The molecule has 0 aromatic carbocycles. The smallest absolute Gasteiger partial charge is 0.303 e. The molecule has 2 atom stereocenters. The second kappa shape index (κ2) is 17.3. The average Bonchev–Trinajstić information content (AvgIpc) is 2.69. The number of nitrogens with two attached hydrogens (primary N) is 1. The van der Waals surface area contributed by atoms with Crippen LogP contribution in [0.15, 0.2) is 0 Å². The van der Waals surface area contributed by atoms with Crippen molar-refractivity contribution in [2.24, 2.45) is 5.73 Å². The van der Waals surface area contributed by atoms with E-state index in [1.165, 1.54) is 26.2 Å². The number of unbranched alkanes of at least 4 members (excludes halogenated alkanes) is 6. The number of carbonyl (C=O) groups excluding carboxylic acids is 4. The summed E-state index contributed by atoms with van der Waals surface area (Å²) in [5.74, 6) is -2.56. The van der Waals surface area contributed by atoms with Crippen LogP contribution >= 0.6 is 0 Å². The van der Waals surface area contributed by atoms with Gasteiger partial charge in [0.15, 0.2) is 0 Å². The van der Waals surface area contributed by atoms with Crippen molar-refractivity contribution < 1.29 is 29.1 Å². The van der Waals surface area contributed by atoms with Crippen LogP contribution in [-0.2, 0) is 24.0 Å². The second-order valence-corrected chi connectivity index (χ2v) is 7.95. The molecule has 31 heavy (non-hydrogen) atoms. The Bertz CT molecular complexity index is 594. The molecule has 3 amide bonds. The Morgan fingerprint density at radius 1 is 0.806 bits per heavy atom. The number of carboxylic acid groups (broad SMARTS) is 1. The van der Waals surface area contributed by atoms with Gasteiger partial charge in [0, 0.05) is 25.7 Å². The molecule has 0 unspecified atom stereocenters. The molecule has 0 fully saturated rings. The van der Waals surface area contributed by atoms with Crippen LogP contribution < -0.4 is 16.4 Å². The number of rotatable bonds is 19. The predicted molar refractivity (Wildman–Crippen MR) is 117 cm³/mol. The highest BCUT2D eigenvalue weighted by Crippen LogP contribution is 2.10. The van der Waals surface area contributed by atoms with Crippen LogP contribution in [0.25, 0.3) is 0 Å². The molecule has 0 aromatic rings. The van der Waals surface area contributed by atoms with Crippen LogP contribution in [0.5, 0.6) is 0 Å². The standard InChI is InChI=1S/C22H39N3O6/c1-3-4-5-6-8-11-17(26)12-9-7-10-13-19(27)24-16(2)22(31)25-18(21(23)30)14-15-20(28)29/h16,18H,3-15H2,1-2H3,(H2,23,30)(H,24,27)(H,25,31)(H,28,29)/t16-,18+/m0/s1. The first-order valence-corrected chi connectivity index (χ1v) is 11.3. The van der Waals surface area contributed by atoms with Crippen LogP contribution in [0.4, 0.5) is 0 Å². The summed E-state index contributed by atoms with van der Waals surface area (Å²) in [7, 11) is 0. The number of nitrogens with one attached hydrogen (secondary N) is 2. The zero-order chi connectivity index (χ0) is 23.6. The predicted octanol–water partition coefficient (Wildman–Crippen LogP) is 2.21. The Labute approximate surface area is 184 Å². The first-order chi connectivity index (χ1) is 14.7. The zero-order valence-corrected chi connectivity index (χ0v) is 18.9. The van der Waals surface area contributed by atoms with Crippen molar-refractivity contribution in [1.82, 2.24) is 10.6 Å². The van der Waals surface area contributed by atoms with E-state index in [9.17, 15) is 24.0 Å². The molecule has 9 heteroatoms. The van der Waals surface area contributed by atoms with Crippen LogP contribution in [0.2, 0.25) is 0 Å². The number of Topliss-reactive ketones (excluding diaryl/α,β-unsaturated/α-hetero) is 1. The van der Waals surface area contributed by atoms with Crippen LogP contribution in [0.1, 0.15) is 97.3 Å². The molecule has 0 aliphatic rings. The molecule has 0 saturated carbocycles. The van der Waals surface area contributed by atoms with Gasteiger partial charge >= 0.3 is 5.97 Å². The number of hydrogen-bond acceptors (Lipinski definition) is 5. The Morgan fingerprint density at radius 3 is 1.90 bits per heavy atom. The SMILES string of the molecule is CCCCCCCC(=O)CCCCCC(=O)N[C@@H](C)C(=O)N[C@H](CCC(=O)O)C(N)=O. The van der Waals surface area contributed by atoms with Gasteiger partial charge in [-0.2, -0.15) is 0 Å². The molecule has 0 bridgehead atoms. The third-order valence-electron chi connectivity index (χ3n) is 5.00. The van der Waals surface area contributed by atoms with E-state index in [-0.39, 0.29) is 31.0 Å². The summed E-state index contributed by atoms with van der Waals surface area (Å²) in [4.78, 5) is 57.9. The summed E-state index contributed by atoms with van der Waals surface area (Å²) in [5.41, 5.74) is 5.18. The van der Waals surface area contributed by atoms with E-state index < -0.39 is 29.9 Å². The fraction of sp³-hybridized carbons (Fsp3) is 0.773. The summed E-state index contributed by atoms with van der Waals surface area (Å²) < 4.78 is 0. The maximum absolute atomic E-state index is 12.1. The minimum Gasteiger partial charge on any atom is -0.481 e. The summed E-state index contributed by atoms with van der Waals surface area (Å²) >= 11 is 0. The minimum absolute atomic E-state index is 0.117. The van der Waals surface area contributed by atoms with E-state index in [1.54, 1.807) is 0 Å². The maximum Gasteiger partial charge on any atom is 0.303 e. The number of ketones is 1. The fourth-order valence-electron chi connectivity index (χ4n) is 3.06. The lowest BCUT2D eigenvalue weighted by Gasteiger charge is -2.19. The average molecular weight is 442 g/mol. The Hall–Kier alpha value is -2.45. The van der Waals surface area contributed by atoms with Gasteiger partial charge in [-0.15, -0.1) is 0 Å². The van der Waals surface area contributed by atoms with Gasteiger partial charge in [0.1, 0.15) is 17.9 Å². The van der Waals surface area contributed by atoms with E-state index in [4.69, 9.17) is 10.8 Å². The molecule has 178 valence electrons. The molecule has 0 aliphatic heterocycles. The number of amides is 3. The van der Waals surface area contributed by atoms with Crippen LogP contribution in [0.3, 0.4) is 0 Å². The highest BCUT2D eigenvalue weighted by Gasteiger charge is 2.23. The van der Waals surface area contributed by atoms with Crippen molar-refractivity contribution in [2.45, 2.75) is 109 Å². The third-order valence-corrected chi connectivity index (χ3v) is 5.00. The van der Waals surface area contributed by atoms with Crippen molar-refractivity contribution in [2.75, 3.05) is 0 Å². The van der Waals surface area contributed by atoms with Crippen molar-refractivity contribution in [3.63, 3.8) is 0 Å². The Morgan fingerprint density at radius 2 is 1.35 bits per heavy atom. The molecule has 0 radical (unpaired) electrons. The number of aliphatic carboxylic acids is 1. The second-order valence-electron chi connectivity index (χ2n) is 7.95. The van der Waals surface area contributed by atoms with Gasteiger partial charge in [-0.1, -0.05) is 39.0 Å². The molecule has 0 aromatic heterocycles. The highest BCUT2D eigenvalue weighted by atomic mass is 16.4. The van der Waals surface area contributed by atoms with E-state index in [0.29, 0.717) is 19.3 Å². The van der Waals surface area contributed by atoms with Gasteiger partial charge in [0.05, 0.1) is 0 Å². The number of primary amides is 1. The zero-order valence-electron chi connectivity index (χ0n) is 18.9. The molecule has 0 spiro atoms. The van der Waals surface area contributed by atoms with Gasteiger partial charge in [0.2, 0.25) is 17.7 Å². The molecule has 9 nitrogen and oxygen atoms in total. The van der Waals surface area contributed by atoms with Gasteiger partial charge < -0.3 is 21.5 Å². The molecule has 5 N–H and O–H groups in total. The van der Waals surface area contributed by atoms with Gasteiger partial charge in [-0.25, -0.2) is 0 Å². The Kier molecular flexibility index (Phi) is 15.9. The van der Waals surface area contributed by atoms with Crippen molar-refractivity contribution >= 4 is 29.5 Å². The highest BCUT2D eigenvalue weighted by molar-refractivity contribution is 5.91. The number of carboxylic acids is 1. The van der Waals surface area contributed by atoms with E-state index in [2.05, 4.69) is 17.6 Å². The molecular weight excluding hydrogens is 402 g/mol. The first kappa shape index (κ1) is 28.5. The monoisotopic (exact) mass is 441 g/mol. The van der Waals surface area contributed by atoms with Gasteiger partial charge in [-0.3, -0.25) is 24.0 Å². The quantitative estimate of drug-likeness (QED) is 0.225. The number of carbonyl (C=O) groups is 5. The summed E-state index contributed by atoms with van der Waals surface area (Å²) in [6.45, 7) is 3.63. The Balaban J connectivity index is 3.99. The van der Waals surface area contributed by atoms with E-state index in [0.717, 1.165) is 25.7 Å². The normalized spacial score (nSPS) is 12.6. The summed E-state index contributed by atoms with van der Waals surface area (Å²) in [6, 6.07) is -1.99. The van der Waals surface area contributed by atoms with Gasteiger partial charge in [0.25, 0.3) is 0 Å². The summed E-state index contributed by atoms with van der Waals surface area (Å²) in [5, 5.41) is 13.6. The first-order valence-electron chi connectivity index (χ1n) is 11.3. The molecular formula is C22H39N3O6. The lowest BCUT2D eigenvalue weighted by Crippen LogP contribution is -2.51. The molecule has 0 heterocycles. The largest absolute Gasteiger partial charge is 0.481 e. The third kappa shape index (κ3) is 16.0. The lowest BCUT2D eigenvalue weighted by molar-refractivity contribution is -0.137. The van der Waals surface area contributed by atoms with E-state index >= 15 is 0 Å². The molecule has 0 rings (SSSR count). The van der Waals surface area contributed by atoms with E-state index in [1.807, 2.05) is 0 Å². The van der Waals surface area contributed by atoms with Gasteiger partial charge in [-0.05, 0) is 32.6 Å². The van der Waals surface area contributed by atoms with Crippen molar-refractivity contribution in [1.29, 1.82) is 0 Å². The topological polar surface area (TPSA) is 156 Å². The van der Waals surface area contributed by atoms with Crippen LogP contribution in [-0.4, -0.2) is 46.7 Å². The van der Waals surface area contributed by atoms with Crippen molar-refractivity contribution in [3.05, 3.63) is 0 Å². The van der Waals surface area contributed by atoms with Crippen LogP contribution in [0, 0.1) is 0 Å². The maximum atomic E-state index is 12.1. The minimum atomic E-state index is -1.10.